The first-order chi connectivity index (χ1) is 17.6. The molecule has 2 heterocycles. The Hall–Kier alpha value is -3.70. The van der Waals surface area contributed by atoms with E-state index in [1.165, 1.54) is 0 Å². The Bertz CT molecular complexity index is 2280. The first-order valence-corrected chi connectivity index (χ1v) is 14.8. The monoisotopic (exact) mass is 536 g/mol. The van der Waals surface area contributed by atoms with Gasteiger partial charge in [-0.3, -0.25) is 0 Å². The van der Waals surface area contributed by atoms with Crippen molar-refractivity contribution in [1.29, 1.82) is 0 Å². The number of hydrogen-bond acceptors (Lipinski definition) is 9. The number of aryl methyl sites for hydroxylation is 4. The maximum Gasteiger partial charge on any atom is 0.343 e. The summed E-state index contributed by atoms with van der Waals surface area (Å²) in [5, 5.41) is 47.6. The minimum Gasteiger partial charge on any atom is -0.506 e. The molecule has 4 aliphatic rings. The van der Waals surface area contributed by atoms with Crippen LogP contribution in [0.1, 0.15) is 35.1 Å². The predicted octanol–water partition coefficient (Wildman–Crippen LogP) is 3.76. The Morgan fingerprint density at radius 2 is 0.892 bits per heavy atom. The smallest absolute Gasteiger partial charge is 0.343 e. The third kappa shape index (κ3) is 1.83. The maximum absolute atomic E-state index is 14.0. The van der Waals surface area contributed by atoms with Crippen LogP contribution < -0.4 is 4.18 Å². The van der Waals surface area contributed by atoms with Crippen molar-refractivity contribution in [3.8, 4) is 28.7 Å². The van der Waals surface area contributed by atoms with Crippen molar-refractivity contribution in [3.05, 3.63) is 22.3 Å². The topological polar surface area (TPSA) is 158 Å². The van der Waals surface area contributed by atoms with E-state index in [0.717, 1.165) is 0 Å². The molecule has 0 aromatic heterocycles. The third-order valence-electron chi connectivity index (χ3n) is 8.81. The van der Waals surface area contributed by atoms with Gasteiger partial charge in [-0.15, -0.1) is 0 Å². The van der Waals surface area contributed by atoms with Crippen molar-refractivity contribution in [3.63, 3.8) is 0 Å². The van der Waals surface area contributed by atoms with E-state index in [1.54, 1.807) is 0 Å². The quantitative estimate of drug-likeness (QED) is 0.129. The van der Waals surface area contributed by atoms with E-state index >= 15 is 0 Å². The molecule has 11 heteroatoms. The molecule has 0 amide bonds. The fourth-order valence-corrected chi connectivity index (χ4v) is 10.8. The average molecular weight is 537 g/mol. The summed E-state index contributed by atoms with van der Waals surface area (Å²) in [7, 11) is -8.99. The fraction of sp³-hybridized carbons (Fsp3) is 0.231. The number of rotatable bonds is 0. The molecule has 2 aliphatic carbocycles. The lowest BCUT2D eigenvalue weighted by Crippen LogP contribution is -2.18. The molecule has 5 aromatic carbocycles. The summed E-state index contributed by atoms with van der Waals surface area (Å²) in [5.41, 5.74) is 1.35. The van der Waals surface area contributed by atoms with Gasteiger partial charge in [0.1, 0.15) is 27.0 Å². The van der Waals surface area contributed by atoms with Crippen LogP contribution >= 0.6 is 0 Å². The van der Waals surface area contributed by atoms with Gasteiger partial charge in [0.2, 0.25) is 9.84 Å². The van der Waals surface area contributed by atoms with Crippen LogP contribution in [0.15, 0.2) is 14.7 Å². The SMILES string of the molecule is O=S1(=O)Oc2c(O)c3c4c(c(O)c5c6c7c(c(O)c8c9c(c(O)c1c(c2c46)c97)CCC8)S5(=O)=O)CCC3. The zero-order valence-corrected chi connectivity index (χ0v) is 20.5. The average Bonchev–Trinajstić information content (AvgIpc) is 3.10. The highest BCUT2D eigenvalue weighted by molar-refractivity contribution is 7.92. The van der Waals surface area contributed by atoms with Gasteiger partial charge in [0.05, 0.1) is 0 Å². The minimum atomic E-state index is -4.60. The van der Waals surface area contributed by atoms with E-state index in [4.69, 9.17) is 4.18 Å². The Kier molecular flexibility index (Phi) is 3.07. The Labute approximate surface area is 208 Å². The van der Waals surface area contributed by atoms with Gasteiger partial charge in [0, 0.05) is 54.6 Å². The second-order valence-electron chi connectivity index (χ2n) is 10.4. The first-order valence-electron chi connectivity index (χ1n) is 12.0. The molecule has 186 valence electrons. The number of phenolic OH excluding ortho intramolecular Hbond substituents is 4. The zero-order valence-electron chi connectivity index (χ0n) is 18.9. The van der Waals surface area contributed by atoms with Crippen molar-refractivity contribution in [2.45, 2.75) is 53.2 Å². The minimum absolute atomic E-state index is 0.0801. The Morgan fingerprint density at radius 1 is 0.486 bits per heavy atom. The predicted molar refractivity (Wildman–Crippen MR) is 132 cm³/mol. The van der Waals surface area contributed by atoms with Crippen molar-refractivity contribution in [2.24, 2.45) is 0 Å². The van der Waals surface area contributed by atoms with Crippen molar-refractivity contribution >= 4 is 63.0 Å². The summed E-state index contributed by atoms with van der Waals surface area (Å²) in [6.07, 6.45) is 2.31. The lowest BCUT2D eigenvalue weighted by atomic mass is 9.78. The standard InChI is InChI=1S/C26H16O9S2/c27-19-7-3-1-4-8-11(7)13-15-16-14-12-9(21(29)25-18(14)17(13)24(20(8)28)36(25,31)32)5-2-6-10(12)22(30)26(16)37(33,34)35-23(15)19/h27-30H,1-6H2. The zero-order chi connectivity index (χ0) is 25.5. The fourth-order valence-electron chi connectivity index (χ4n) is 7.58. The normalized spacial score (nSPS) is 19.7. The Morgan fingerprint density at radius 3 is 1.41 bits per heavy atom. The summed E-state index contributed by atoms with van der Waals surface area (Å²) < 4.78 is 60.5. The molecular weight excluding hydrogens is 520 g/mol. The number of hydrogen-bond donors (Lipinski definition) is 4. The van der Waals surface area contributed by atoms with Crippen molar-refractivity contribution < 1.29 is 41.4 Å². The number of sulfone groups is 1. The molecular formula is C26H16O9S2. The van der Waals surface area contributed by atoms with Gasteiger partial charge >= 0.3 is 10.1 Å². The van der Waals surface area contributed by atoms with Crippen LogP contribution in [0.5, 0.6) is 28.7 Å². The van der Waals surface area contributed by atoms with Gasteiger partial charge < -0.3 is 24.6 Å². The van der Waals surface area contributed by atoms with Gasteiger partial charge in [-0.05, 0) is 49.3 Å². The summed E-state index contributed by atoms with van der Waals surface area (Å²) in [5.74, 6) is -1.99. The molecule has 9 rings (SSSR count). The number of aromatic hydroxyl groups is 4. The molecule has 37 heavy (non-hydrogen) atoms. The van der Waals surface area contributed by atoms with E-state index in [1.807, 2.05) is 0 Å². The molecule has 0 saturated heterocycles. The van der Waals surface area contributed by atoms with Crippen LogP contribution in [0.3, 0.4) is 0 Å². The molecule has 0 bridgehead atoms. The van der Waals surface area contributed by atoms with Gasteiger partial charge in [0.15, 0.2) is 16.4 Å². The van der Waals surface area contributed by atoms with Crippen LogP contribution in [-0.2, 0) is 45.6 Å². The second kappa shape index (κ2) is 5.58. The molecule has 9 nitrogen and oxygen atoms in total. The lowest BCUT2D eigenvalue weighted by molar-refractivity contribution is 0.416. The molecule has 0 unspecified atom stereocenters. The van der Waals surface area contributed by atoms with Crippen molar-refractivity contribution in [2.75, 3.05) is 0 Å². The third-order valence-corrected chi connectivity index (χ3v) is 12.0. The molecule has 2 aliphatic heterocycles. The van der Waals surface area contributed by atoms with Gasteiger partial charge in [-0.25, -0.2) is 8.42 Å². The van der Waals surface area contributed by atoms with Gasteiger partial charge in [-0.1, -0.05) is 0 Å². The molecule has 0 atom stereocenters. The van der Waals surface area contributed by atoms with E-state index in [9.17, 15) is 37.3 Å². The van der Waals surface area contributed by atoms with Crippen LogP contribution in [0.4, 0.5) is 0 Å². The highest BCUT2D eigenvalue weighted by atomic mass is 32.2. The maximum atomic E-state index is 14.0. The van der Waals surface area contributed by atoms with E-state index < -0.39 is 42.1 Å². The van der Waals surface area contributed by atoms with Crippen LogP contribution in [-0.4, -0.2) is 37.3 Å². The molecule has 0 saturated carbocycles. The first kappa shape index (κ1) is 20.4. The Balaban J connectivity index is 1.81. The number of benzene rings is 5. The van der Waals surface area contributed by atoms with Gasteiger partial charge in [-0.2, -0.15) is 8.42 Å². The molecule has 0 radical (unpaired) electrons. The number of phenols is 4. The van der Waals surface area contributed by atoms with Crippen LogP contribution in [0, 0.1) is 0 Å². The summed E-state index contributed by atoms with van der Waals surface area (Å²) in [6, 6.07) is 0. The van der Waals surface area contributed by atoms with Crippen LogP contribution in [0.2, 0.25) is 0 Å². The highest BCUT2D eigenvalue weighted by Crippen LogP contribution is 2.65. The van der Waals surface area contributed by atoms with Gasteiger partial charge in [0.25, 0.3) is 0 Å². The lowest BCUT2D eigenvalue weighted by Gasteiger charge is -2.30. The molecule has 0 fully saturated rings. The highest BCUT2D eigenvalue weighted by Gasteiger charge is 2.47. The second-order valence-corrected chi connectivity index (χ2v) is 13.7. The summed E-state index contributed by atoms with van der Waals surface area (Å²) in [4.78, 5) is -1.11. The van der Waals surface area contributed by atoms with Crippen LogP contribution in [0.25, 0.3) is 43.1 Å². The molecule has 0 spiro atoms. The van der Waals surface area contributed by atoms with E-state index in [-0.39, 0.29) is 48.2 Å². The summed E-state index contributed by atoms with van der Waals surface area (Å²) in [6.45, 7) is 0. The van der Waals surface area contributed by atoms with E-state index in [2.05, 4.69) is 0 Å². The van der Waals surface area contributed by atoms with E-state index in [0.29, 0.717) is 76.9 Å². The largest absolute Gasteiger partial charge is 0.506 e. The van der Waals surface area contributed by atoms with Crippen molar-refractivity contribution in [1.82, 2.24) is 0 Å². The molecule has 4 N–H and O–H groups in total. The molecule has 5 aromatic rings. The summed E-state index contributed by atoms with van der Waals surface area (Å²) >= 11 is 0.